The predicted octanol–water partition coefficient (Wildman–Crippen LogP) is 2.81. The zero-order valence-corrected chi connectivity index (χ0v) is 15.7. The van der Waals surface area contributed by atoms with Gasteiger partial charge in [0.1, 0.15) is 6.61 Å². The van der Waals surface area contributed by atoms with E-state index in [4.69, 9.17) is 11.3 Å². The monoisotopic (exact) mass is 344 g/mol. The number of benzene rings is 1. The fourth-order valence-corrected chi connectivity index (χ4v) is 3.26. The van der Waals surface area contributed by atoms with E-state index >= 15 is 0 Å². The van der Waals surface area contributed by atoms with Crippen LogP contribution in [-0.2, 0) is 9.53 Å². The normalized spacial score (nSPS) is 19.7. The lowest BCUT2D eigenvalue weighted by molar-refractivity contribution is -0.125. The van der Waals surface area contributed by atoms with Crippen molar-refractivity contribution < 1.29 is 9.53 Å². The molecule has 1 amide bonds. The summed E-state index contributed by atoms with van der Waals surface area (Å²) in [5, 5.41) is 6.57. The van der Waals surface area contributed by atoms with Crippen molar-refractivity contribution in [2.75, 3.05) is 39.7 Å². The second kappa shape index (κ2) is 7.85. The number of methoxy groups -OCH3 is 1. The van der Waals surface area contributed by atoms with Crippen molar-refractivity contribution in [3.05, 3.63) is 35.2 Å². The van der Waals surface area contributed by atoms with Crippen LogP contribution in [0, 0.1) is 12.0 Å². The summed E-state index contributed by atoms with van der Waals surface area (Å²) in [6, 6.07) is 6.25. The maximum Gasteiger partial charge on any atom is 0.246 e. The van der Waals surface area contributed by atoms with Gasteiger partial charge in [0.2, 0.25) is 5.91 Å². The SMILES string of the molecule is [C-]#[N+]c1ccc2c(c1)C(N(C)C)CC(C(C)(C)CNC(=O)COC)N2. The number of rotatable bonds is 6. The molecule has 136 valence electrons. The molecule has 1 aliphatic rings. The molecule has 1 aliphatic heterocycles. The van der Waals surface area contributed by atoms with Gasteiger partial charge in [0.05, 0.1) is 6.57 Å². The number of carbonyl (C=O) groups excluding carboxylic acids is 1. The van der Waals surface area contributed by atoms with Gasteiger partial charge >= 0.3 is 0 Å². The molecule has 1 aromatic rings. The molecule has 0 bridgehead atoms. The van der Waals surface area contributed by atoms with Crippen LogP contribution in [0.3, 0.4) is 0 Å². The van der Waals surface area contributed by atoms with E-state index in [0.29, 0.717) is 12.2 Å². The lowest BCUT2D eigenvalue weighted by atomic mass is 9.77. The van der Waals surface area contributed by atoms with E-state index in [-0.39, 0.29) is 30.0 Å². The van der Waals surface area contributed by atoms with Crippen LogP contribution in [0.5, 0.6) is 0 Å². The van der Waals surface area contributed by atoms with E-state index in [1.807, 2.05) is 18.2 Å². The molecule has 25 heavy (non-hydrogen) atoms. The summed E-state index contributed by atoms with van der Waals surface area (Å²) in [7, 11) is 5.65. The summed E-state index contributed by atoms with van der Waals surface area (Å²) in [5.41, 5.74) is 2.76. The molecule has 0 radical (unpaired) electrons. The van der Waals surface area contributed by atoms with E-state index in [9.17, 15) is 4.79 Å². The number of anilines is 1. The van der Waals surface area contributed by atoms with Crippen molar-refractivity contribution in [2.45, 2.75) is 32.4 Å². The van der Waals surface area contributed by atoms with Crippen LogP contribution < -0.4 is 10.6 Å². The highest BCUT2D eigenvalue weighted by molar-refractivity contribution is 5.77. The molecule has 2 rings (SSSR count). The molecule has 6 nitrogen and oxygen atoms in total. The minimum atomic E-state index is -0.131. The summed E-state index contributed by atoms with van der Waals surface area (Å²) in [4.78, 5) is 17.5. The summed E-state index contributed by atoms with van der Waals surface area (Å²) < 4.78 is 4.87. The van der Waals surface area contributed by atoms with E-state index in [1.54, 1.807) is 0 Å². The molecule has 0 aromatic heterocycles. The van der Waals surface area contributed by atoms with Crippen molar-refractivity contribution in [2.24, 2.45) is 5.41 Å². The first-order chi connectivity index (χ1) is 11.8. The molecule has 0 fully saturated rings. The third kappa shape index (κ3) is 4.50. The molecular formula is C19H28N4O2. The number of hydrogen-bond acceptors (Lipinski definition) is 4. The number of amides is 1. The molecule has 2 N–H and O–H groups in total. The van der Waals surface area contributed by atoms with Gasteiger partial charge in [-0.05, 0) is 38.2 Å². The lowest BCUT2D eigenvalue weighted by Crippen LogP contribution is -2.48. The number of hydrogen-bond donors (Lipinski definition) is 2. The highest BCUT2D eigenvalue weighted by Gasteiger charge is 2.37. The van der Waals surface area contributed by atoms with Crippen molar-refractivity contribution in [3.8, 4) is 0 Å². The maximum atomic E-state index is 11.7. The second-order valence-corrected chi connectivity index (χ2v) is 7.49. The Morgan fingerprint density at radius 1 is 1.48 bits per heavy atom. The summed E-state index contributed by atoms with van der Waals surface area (Å²) >= 11 is 0. The average molecular weight is 344 g/mol. The Balaban J connectivity index is 2.20. The lowest BCUT2D eigenvalue weighted by Gasteiger charge is -2.44. The zero-order valence-electron chi connectivity index (χ0n) is 15.7. The molecule has 2 atom stereocenters. The van der Waals surface area contributed by atoms with Gasteiger partial charge in [-0.3, -0.25) is 4.79 Å². The first-order valence-electron chi connectivity index (χ1n) is 8.48. The number of ether oxygens (including phenoxy) is 1. The highest BCUT2D eigenvalue weighted by Crippen LogP contribution is 2.42. The number of carbonyl (C=O) groups is 1. The molecule has 0 saturated carbocycles. The topological polar surface area (TPSA) is 58.0 Å². The van der Waals surface area contributed by atoms with E-state index in [2.05, 4.69) is 48.3 Å². The van der Waals surface area contributed by atoms with Gasteiger partial charge in [-0.25, -0.2) is 4.85 Å². The van der Waals surface area contributed by atoms with Crippen LogP contribution in [-0.4, -0.2) is 51.2 Å². The fraction of sp³-hybridized carbons (Fsp3) is 0.579. The second-order valence-electron chi connectivity index (χ2n) is 7.49. The van der Waals surface area contributed by atoms with Crippen molar-refractivity contribution in [3.63, 3.8) is 0 Å². The van der Waals surface area contributed by atoms with Crippen LogP contribution in [0.15, 0.2) is 18.2 Å². The van der Waals surface area contributed by atoms with E-state index in [0.717, 1.165) is 17.7 Å². The Hall–Kier alpha value is -2.10. The Bertz CT molecular complexity index is 664. The standard InChI is InChI=1S/C19H28N4O2/c1-19(2,12-21-18(24)11-25-6)17-10-16(23(4)5)14-9-13(20-3)7-8-15(14)22-17/h7-9,16-17,22H,10-12H2,1-2,4-6H3,(H,21,24). The third-order valence-corrected chi connectivity index (χ3v) is 4.90. The fourth-order valence-electron chi connectivity index (χ4n) is 3.26. The van der Waals surface area contributed by atoms with Crippen LogP contribution in [0.4, 0.5) is 11.4 Å². The molecule has 1 heterocycles. The van der Waals surface area contributed by atoms with Gasteiger partial charge in [-0.2, -0.15) is 0 Å². The van der Waals surface area contributed by atoms with E-state index < -0.39 is 0 Å². The van der Waals surface area contributed by atoms with Crippen molar-refractivity contribution >= 4 is 17.3 Å². The van der Waals surface area contributed by atoms with Crippen molar-refractivity contribution in [1.29, 1.82) is 0 Å². The summed E-state index contributed by atoms with van der Waals surface area (Å²) in [6.45, 7) is 12.2. The van der Waals surface area contributed by atoms with Gasteiger partial charge in [-0.1, -0.05) is 19.9 Å². The van der Waals surface area contributed by atoms with Crippen LogP contribution >= 0.6 is 0 Å². The summed E-state index contributed by atoms with van der Waals surface area (Å²) in [6.07, 6.45) is 0.911. The first kappa shape index (κ1) is 19.2. The first-order valence-corrected chi connectivity index (χ1v) is 8.48. The van der Waals surface area contributed by atoms with E-state index in [1.165, 1.54) is 7.11 Å². The van der Waals surface area contributed by atoms with Crippen molar-refractivity contribution in [1.82, 2.24) is 10.2 Å². The molecule has 6 heteroatoms. The molecular weight excluding hydrogens is 316 g/mol. The minimum absolute atomic E-state index is 0.0801. The number of fused-ring (bicyclic) bond motifs is 1. The molecule has 2 unspecified atom stereocenters. The van der Waals surface area contributed by atoms with Gasteiger partial charge < -0.3 is 20.3 Å². The smallest absolute Gasteiger partial charge is 0.246 e. The maximum absolute atomic E-state index is 11.7. The molecule has 0 saturated heterocycles. The Kier molecular flexibility index (Phi) is 6.04. The zero-order chi connectivity index (χ0) is 18.6. The van der Waals surface area contributed by atoms with Crippen LogP contribution in [0.2, 0.25) is 0 Å². The molecule has 0 spiro atoms. The largest absolute Gasteiger partial charge is 0.381 e. The predicted molar refractivity (Wildman–Crippen MR) is 99.8 cm³/mol. The minimum Gasteiger partial charge on any atom is -0.381 e. The number of nitrogens with zero attached hydrogens (tertiary/aromatic N) is 2. The Morgan fingerprint density at radius 2 is 2.20 bits per heavy atom. The van der Waals surface area contributed by atoms with Gasteiger partial charge in [0, 0.05) is 36.8 Å². The molecule has 1 aromatic carbocycles. The Labute approximate surface area is 150 Å². The quantitative estimate of drug-likeness (QED) is 0.779. The van der Waals surface area contributed by atoms with Crippen LogP contribution in [0.25, 0.3) is 4.85 Å². The summed E-state index contributed by atoms with van der Waals surface area (Å²) in [5.74, 6) is -0.0994. The van der Waals surface area contributed by atoms with Gasteiger partial charge in [0.25, 0.3) is 0 Å². The van der Waals surface area contributed by atoms with Gasteiger partial charge in [-0.15, -0.1) is 0 Å². The Morgan fingerprint density at radius 3 is 2.80 bits per heavy atom. The van der Waals surface area contributed by atoms with Gasteiger partial charge in [0.15, 0.2) is 5.69 Å². The highest BCUT2D eigenvalue weighted by atomic mass is 16.5. The molecule has 0 aliphatic carbocycles. The average Bonchev–Trinajstić information content (AvgIpc) is 2.58. The van der Waals surface area contributed by atoms with Crippen LogP contribution in [0.1, 0.15) is 31.9 Å². The third-order valence-electron chi connectivity index (χ3n) is 4.90. The number of nitrogens with one attached hydrogen (secondary N) is 2.